The molecular weight excluding hydrogens is 176 g/mol. The van der Waals surface area contributed by atoms with Gasteiger partial charge in [0.2, 0.25) is 0 Å². The molecule has 0 fully saturated rings. The van der Waals surface area contributed by atoms with Crippen LogP contribution in [0, 0.1) is 5.92 Å². The van der Waals surface area contributed by atoms with Crippen molar-refractivity contribution in [2.24, 2.45) is 5.92 Å². The van der Waals surface area contributed by atoms with E-state index in [1.165, 1.54) is 0 Å². The maximum Gasteiger partial charge on any atom is 0.308 e. The zero-order valence-electron chi connectivity index (χ0n) is 7.99. The molecule has 0 aromatic heterocycles. The first-order valence-corrected chi connectivity index (χ1v) is 4.40. The number of ether oxygens (including phenoxy) is 1. The maximum atomic E-state index is 11.1. The normalized spacial score (nSPS) is 9.36. The molecule has 0 bridgehead atoms. The molecule has 0 saturated heterocycles. The van der Waals surface area contributed by atoms with E-state index in [4.69, 9.17) is 4.74 Å². The van der Waals surface area contributed by atoms with Gasteiger partial charge in [-0.1, -0.05) is 51.6 Å². The third-order valence-electron chi connectivity index (χ3n) is 1.70. The minimum Gasteiger partial charge on any atom is -0.461 e. The van der Waals surface area contributed by atoms with Crippen molar-refractivity contribution in [3.05, 3.63) is 35.9 Å². The molecule has 0 aliphatic rings. The van der Waals surface area contributed by atoms with Crippen LogP contribution in [0.1, 0.15) is 26.8 Å². The third-order valence-corrected chi connectivity index (χ3v) is 1.70. The first-order chi connectivity index (χ1) is 6.20. The Kier molecular flexibility index (Phi) is 5.61. The molecular formula is C12H18O2. The smallest absolute Gasteiger partial charge is 0.308 e. The van der Waals surface area contributed by atoms with E-state index in [1.54, 1.807) is 0 Å². The molecule has 2 heteroatoms. The van der Waals surface area contributed by atoms with Gasteiger partial charge in [-0.3, -0.25) is 4.79 Å². The Bertz CT molecular complexity index is 265. The Hall–Kier alpha value is -1.31. The summed E-state index contributed by atoms with van der Waals surface area (Å²) in [6, 6.07) is 9.67. The molecule has 1 aromatic rings. The number of esters is 1. The van der Waals surface area contributed by atoms with Gasteiger partial charge < -0.3 is 4.74 Å². The summed E-state index contributed by atoms with van der Waals surface area (Å²) in [5.41, 5.74) is 1.02. The summed E-state index contributed by atoms with van der Waals surface area (Å²) >= 11 is 0. The molecule has 1 aromatic carbocycles. The molecule has 0 spiro atoms. The van der Waals surface area contributed by atoms with E-state index < -0.39 is 0 Å². The van der Waals surface area contributed by atoms with Crippen LogP contribution in [0.4, 0.5) is 0 Å². The summed E-state index contributed by atoms with van der Waals surface area (Å²) < 4.78 is 5.05. The molecule has 0 aliphatic heterocycles. The second-order valence-electron chi connectivity index (χ2n) is 3.25. The first kappa shape index (κ1) is 12.7. The van der Waals surface area contributed by atoms with E-state index in [-0.39, 0.29) is 19.3 Å². The van der Waals surface area contributed by atoms with E-state index in [0.717, 1.165) is 5.56 Å². The summed E-state index contributed by atoms with van der Waals surface area (Å²) in [5.74, 6) is -0.201. The van der Waals surface area contributed by atoms with Crippen molar-refractivity contribution in [2.45, 2.75) is 27.9 Å². The highest BCUT2D eigenvalue weighted by atomic mass is 16.5. The van der Waals surface area contributed by atoms with Crippen molar-refractivity contribution in [1.82, 2.24) is 0 Å². The first-order valence-electron chi connectivity index (χ1n) is 4.40. The van der Waals surface area contributed by atoms with Crippen molar-refractivity contribution in [1.29, 1.82) is 0 Å². The highest BCUT2D eigenvalue weighted by Crippen LogP contribution is 2.03. The lowest BCUT2D eigenvalue weighted by atomic mass is 10.2. The van der Waals surface area contributed by atoms with Crippen molar-refractivity contribution in [2.75, 3.05) is 0 Å². The quantitative estimate of drug-likeness (QED) is 0.691. The number of benzene rings is 1. The second kappa shape index (κ2) is 6.19. The van der Waals surface area contributed by atoms with Gasteiger partial charge in [-0.2, -0.15) is 0 Å². The van der Waals surface area contributed by atoms with Crippen molar-refractivity contribution in [3.63, 3.8) is 0 Å². The molecule has 0 heterocycles. The van der Waals surface area contributed by atoms with E-state index in [0.29, 0.717) is 6.61 Å². The van der Waals surface area contributed by atoms with Crippen molar-refractivity contribution in [3.8, 4) is 0 Å². The van der Waals surface area contributed by atoms with Gasteiger partial charge in [0.05, 0.1) is 5.92 Å². The number of hydrogen-bond donors (Lipinski definition) is 0. The van der Waals surface area contributed by atoms with Gasteiger partial charge in [0.25, 0.3) is 0 Å². The zero-order chi connectivity index (χ0) is 9.68. The van der Waals surface area contributed by atoms with Crippen LogP contribution in [0.5, 0.6) is 0 Å². The van der Waals surface area contributed by atoms with Gasteiger partial charge in [0.1, 0.15) is 6.61 Å². The summed E-state index contributed by atoms with van der Waals surface area (Å²) in [7, 11) is 0. The Morgan fingerprint density at radius 3 is 2.36 bits per heavy atom. The second-order valence-corrected chi connectivity index (χ2v) is 3.25. The predicted octanol–water partition coefficient (Wildman–Crippen LogP) is 3.02. The number of rotatable bonds is 3. The lowest BCUT2D eigenvalue weighted by molar-refractivity contribution is -0.148. The number of carbonyl (C=O) groups excluding carboxylic acids is 1. The Morgan fingerprint density at radius 2 is 1.86 bits per heavy atom. The fraction of sp³-hybridized carbons (Fsp3) is 0.417. The maximum absolute atomic E-state index is 11.1. The average Bonchev–Trinajstić information content (AvgIpc) is 2.15. The molecule has 0 saturated carbocycles. The Morgan fingerprint density at radius 1 is 1.29 bits per heavy atom. The lowest BCUT2D eigenvalue weighted by Crippen LogP contribution is -2.11. The fourth-order valence-electron chi connectivity index (χ4n) is 0.895. The average molecular weight is 194 g/mol. The van der Waals surface area contributed by atoms with Crippen LogP contribution in [0.25, 0.3) is 0 Å². The summed E-state index contributed by atoms with van der Waals surface area (Å²) in [5, 5.41) is 0. The third kappa shape index (κ3) is 4.08. The Labute approximate surface area is 85.9 Å². The van der Waals surface area contributed by atoms with Crippen LogP contribution in [0.15, 0.2) is 30.3 Å². The van der Waals surface area contributed by atoms with Gasteiger partial charge >= 0.3 is 5.97 Å². The highest BCUT2D eigenvalue weighted by molar-refractivity contribution is 5.71. The molecule has 0 atom stereocenters. The van der Waals surface area contributed by atoms with Crippen LogP contribution in [-0.4, -0.2) is 5.97 Å². The van der Waals surface area contributed by atoms with Crippen LogP contribution in [0.2, 0.25) is 0 Å². The molecule has 0 N–H and O–H groups in total. The molecule has 0 radical (unpaired) electrons. The van der Waals surface area contributed by atoms with Gasteiger partial charge in [0.15, 0.2) is 0 Å². The van der Waals surface area contributed by atoms with Gasteiger partial charge in [-0.15, -0.1) is 0 Å². The van der Waals surface area contributed by atoms with E-state index in [1.807, 2.05) is 44.2 Å². The van der Waals surface area contributed by atoms with E-state index in [9.17, 15) is 4.79 Å². The Balaban J connectivity index is 0.00000169. The summed E-state index contributed by atoms with van der Waals surface area (Å²) in [6.07, 6.45) is 0. The summed E-state index contributed by atoms with van der Waals surface area (Å²) in [6.45, 7) is 4.03. The minimum absolute atomic E-state index is 0. The van der Waals surface area contributed by atoms with Gasteiger partial charge in [0, 0.05) is 0 Å². The van der Waals surface area contributed by atoms with Crippen molar-refractivity contribution < 1.29 is 9.53 Å². The monoisotopic (exact) mass is 194 g/mol. The van der Waals surface area contributed by atoms with Gasteiger partial charge in [-0.25, -0.2) is 0 Å². The summed E-state index contributed by atoms with van der Waals surface area (Å²) in [4.78, 5) is 11.1. The van der Waals surface area contributed by atoms with Gasteiger partial charge in [-0.05, 0) is 5.56 Å². The van der Waals surface area contributed by atoms with Crippen LogP contribution in [0.3, 0.4) is 0 Å². The van der Waals surface area contributed by atoms with Crippen LogP contribution in [-0.2, 0) is 16.1 Å². The fourth-order valence-corrected chi connectivity index (χ4v) is 0.895. The van der Waals surface area contributed by atoms with Crippen LogP contribution < -0.4 is 0 Å². The minimum atomic E-state index is -0.149. The molecule has 14 heavy (non-hydrogen) atoms. The molecule has 0 unspecified atom stereocenters. The van der Waals surface area contributed by atoms with E-state index >= 15 is 0 Å². The van der Waals surface area contributed by atoms with E-state index in [2.05, 4.69) is 0 Å². The lowest BCUT2D eigenvalue weighted by Gasteiger charge is -2.06. The molecule has 1 rings (SSSR count). The standard InChI is InChI=1S/C11H14O2.CH4/c1-9(2)11(12)13-8-10-6-4-3-5-7-10;/h3-7,9H,8H2,1-2H3;1H4. The largest absolute Gasteiger partial charge is 0.461 e. The zero-order valence-corrected chi connectivity index (χ0v) is 7.99. The number of hydrogen-bond acceptors (Lipinski definition) is 2. The molecule has 78 valence electrons. The highest BCUT2D eigenvalue weighted by Gasteiger charge is 2.07. The number of carbonyl (C=O) groups is 1. The molecule has 2 nitrogen and oxygen atoms in total. The molecule has 0 amide bonds. The predicted molar refractivity (Wildman–Crippen MR) is 57.8 cm³/mol. The molecule has 0 aliphatic carbocycles. The van der Waals surface area contributed by atoms with Crippen molar-refractivity contribution >= 4 is 5.97 Å². The van der Waals surface area contributed by atoms with Crippen LogP contribution >= 0.6 is 0 Å². The topological polar surface area (TPSA) is 26.3 Å². The SMILES string of the molecule is C.CC(C)C(=O)OCc1ccccc1.